The molecule has 5 nitrogen and oxygen atoms in total. The first-order valence-electron chi connectivity index (χ1n) is 10.3. The van der Waals surface area contributed by atoms with Crippen LogP contribution < -0.4 is 9.47 Å². The first-order chi connectivity index (χ1) is 15.5. The van der Waals surface area contributed by atoms with Gasteiger partial charge in [0, 0.05) is 9.13 Å². The average Bonchev–Trinajstić information content (AvgIpc) is 3.14. The van der Waals surface area contributed by atoms with E-state index < -0.39 is 5.97 Å². The smallest absolute Gasteiger partial charge is 0.363 e. The molecule has 6 heteroatoms. The highest BCUT2D eigenvalue weighted by molar-refractivity contribution is 14.1. The molecule has 1 aliphatic heterocycles. The quantitative estimate of drug-likeness (QED) is 0.213. The van der Waals surface area contributed by atoms with Gasteiger partial charge in [-0.2, -0.15) is 0 Å². The Hall–Kier alpha value is -3.13. The number of hydrogen-bond acceptors (Lipinski definition) is 5. The topological polar surface area (TPSA) is 57.1 Å². The molecule has 1 aliphatic rings. The number of nitrogens with zero attached hydrogens (tertiary/aromatic N) is 1. The molecular weight excluding hydrogens is 517 g/mol. The maximum atomic E-state index is 12.3. The van der Waals surface area contributed by atoms with Gasteiger partial charge in [0.1, 0.15) is 6.61 Å². The molecular formula is C26H22INO4. The molecule has 0 unspecified atom stereocenters. The molecule has 4 rings (SSSR count). The Morgan fingerprint density at radius 3 is 2.56 bits per heavy atom. The van der Waals surface area contributed by atoms with Gasteiger partial charge in [-0.05, 0) is 90.0 Å². The molecule has 3 aromatic carbocycles. The molecule has 0 atom stereocenters. The third-order valence-electron chi connectivity index (χ3n) is 4.76. The number of benzene rings is 3. The molecule has 0 N–H and O–H groups in total. The van der Waals surface area contributed by atoms with Gasteiger partial charge in [-0.25, -0.2) is 9.79 Å². The average molecular weight is 539 g/mol. The van der Waals surface area contributed by atoms with Crippen LogP contribution in [0.3, 0.4) is 0 Å². The fourth-order valence-corrected chi connectivity index (χ4v) is 3.61. The van der Waals surface area contributed by atoms with Crippen molar-refractivity contribution in [2.75, 3.05) is 6.61 Å². The minimum Gasteiger partial charge on any atom is -0.490 e. The molecule has 3 aromatic rings. The number of rotatable bonds is 7. The van der Waals surface area contributed by atoms with Crippen molar-refractivity contribution in [1.29, 1.82) is 0 Å². The molecule has 32 heavy (non-hydrogen) atoms. The number of ether oxygens (including phenoxy) is 3. The van der Waals surface area contributed by atoms with Gasteiger partial charge in [-0.1, -0.05) is 35.9 Å². The number of aryl methyl sites for hydroxylation is 1. The van der Waals surface area contributed by atoms with Crippen LogP contribution in [0.15, 0.2) is 77.4 Å². The van der Waals surface area contributed by atoms with Crippen LogP contribution in [0.1, 0.15) is 29.2 Å². The summed E-state index contributed by atoms with van der Waals surface area (Å²) in [6, 6.07) is 21.4. The number of hydrogen-bond donors (Lipinski definition) is 0. The van der Waals surface area contributed by atoms with E-state index in [1.165, 1.54) is 5.56 Å². The predicted molar refractivity (Wildman–Crippen MR) is 133 cm³/mol. The van der Waals surface area contributed by atoms with Gasteiger partial charge in [-0.15, -0.1) is 0 Å². The fourth-order valence-electron chi connectivity index (χ4n) is 3.25. The van der Waals surface area contributed by atoms with Crippen LogP contribution >= 0.6 is 22.6 Å². The molecule has 0 saturated carbocycles. The fraction of sp³-hybridized carbons (Fsp3) is 0.154. The summed E-state index contributed by atoms with van der Waals surface area (Å²) in [5.41, 5.74) is 4.05. The lowest BCUT2D eigenvalue weighted by molar-refractivity contribution is -0.129. The van der Waals surface area contributed by atoms with Crippen molar-refractivity contribution < 1.29 is 19.0 Å². The van der Waals surface area contributed by atoms with Crippen molar-refractivity contribution in [3.63, 3.8) is 0 Å². The molecule has 1 heterocycles. The van der Waals surface area contributed by atoms with E-state index in [-0.39, 0.29) is 5.70 Å². The summed E-state index contributed by atoms with van der Waals surface area (Å²) in [5, 5.41) is 0. The van der Waals surface area contributed by atoms with Crippen molar-refractivity contribution in [3.8, 4) is 11.5 Å². The van der Waals surface area contributed by atoms with E-state index in [1.54, 1.807) is 6.08 Å². The number of carbonyl (C=O) groups is 1. The third kappa shape index (κ3) is 5.37. The van der Waals surface area contributed by atoms with Crippen LogP contribution in [0.5, 0.6) is 11.5 Å². The zero-order valence-corrected chi connectivity index (χ0v) is 20.0. The second-order valence-corrected chi connectivity index (χ2v) is 8.51. The summed E-state index contributed by atoms with van der Waals surface area (Å²) >= 11 is 2.22. The van der Waals surface area contributed by atoms with Crippen molar-refractivity contribution in [3.05, 3.63) is 98.3 Å². The van der Waals surface area contributed by atoms with E-state index in [2.05, 4.69) is 46.6 Å². The minimum absolute atomic E-state index is 0.245. The summed E-state index contributed by atoms with van der Waals surface area (Å²) in [4.78, 5) is 16.7. The number of halogens is 1. The monoisotopic (exact) mass is 539 g/mol. The van der Waals surface area contributed by atoms with E-state index in [1.807, 2.05) is 61.5 Å². The lowest BCUT2D eigenvalue weighted by Gasteiger charge is -2.13. The van der Waals surface area contributed by atoms with E-state index in [9.17, 15) is 4.79 Å². The molecule has 0 aliphatic carbocycles. The molecule has 0 radical (unpaired) electrons. The Kier molecular flexibility index (Phi) is 6.90. The Labute approximate surface area is 200 Å². The molecule has 162 valence electrons. The Morgan fingerprint density at radius 1 is 1.00 bits per heavy atom. The Bertz CT molecular complexity index is 1200. The van der Waals surface area contributed by atoms with Crippen molar-refractivity contribution in [2.24, 2.45) is 4.99 Å². The molecule has 0 fully saturated rings. The summed E-state index contributed by atoms with van der Waals surface area (Å²) in [7, 11) is 0. The van der Waals surface area contributed by atoms with Crippen LogP contribution in [0, 0.1) is 10.5 Å². The summed E-state index contributed by atoms with van der Waals surface area (Å²) in [6.45, 7) is 4.91. The van der Waals surface area contributed by atoms with Crippen molar-refractivity contribution in [1.82, 2.24) is 0 Å². The minimum atomic E-state index is -0.476. The number of cyclic esters (lactones) is 1. The van der Waals surface area contributed by atoms with E-state index in [4.69, 9.17) is 14.2 Å². The van der Waals surface area contributed by atoms with Crippen LogP contribution in [0.4, 0.5) is 0 Å². The number of esters is 1. The van der Waals surface area contributed by atoms with E-state index in [0.29, 0.717) is 30.6 Å². The lowest BCUT2D eigenvalue weighted by atomic mass is 10.1. The molecule has 0 bridgehead atoms. The number of aliphatic imine (C=N–C) groups is 1. The maximum absolute atomic E-state index is 12.3. The van der Waals surface area contributed by atoms with Crippen LogP contribution in [0.2, 0.25) is 0 Å². The van der Waals surface area contributed by atoms with Crippen molar-refractivity contribution in [2.45, 2.75) is 20.5 Å². The zero-order valence-electron chi connectivity index (χ0n) is 17.8. The maximum Gasteiger partial charge on any atom is 0.363 e. The highest BCUT2D eigenvalue weighted by Crippen LogP contribution is 2.31. The van der Waals surface area contributed by atoms with Gasteiger partial charge in [0.25, 0.3) is 0 Å². The van der Waals surface area contributed by atoms with Gasteiger partial charge < -0.3 is 14.2 Å². The predicted octanol–water partition coefficient (Wildman–Crippen LogP) is 5.92. The van der Waals surface area contributed by atoms with Gasteiger partial charge in [0.2, 0.25) is 5.90 Å². The highest BCUT2D eigenvalue weighted by Gasteiger charge is 2.24. The van der Waals surface area contributed by atoms with E-state index in [0.717, 1.165) is 20.3 Å². The Morgan fingerprint density at radius 2 is 1.81 bits per heavy atom. The Balaban J connectivity index is 1.55. The lowest BCUT2D eigenvalue weighted by Crippen LogP contribution is -2.05. The second-order valence-electron chi connectivity index (χ2n) is 7.26. The first-order valence-corrected chi connectivity index (χ1v) is 11.3. The molecule has 0 saturated heterocycles. The summed E-state index contributed by atoms with van der Waals surface area (Å²) in [6.07, 6.45) is 1.69. The van der Waals surface area contributed by atoms with Crippen molar-refractivity contribution >= 4 is 40.5 Å². The largest absolute Gasteiger partial charge is 0.490 e. The third-order valence-corrected chi connectivity index (χ3v) is 5.48. The molecule has 0 aromatic heterocycles. The second kappa shape index (κ2) is 9.99. The number of carbonyl (C=O) groups excluding carboxylic acids is 1. The first kappa shape index (κ1) is 22.1. The normalized spacial score (nSPS) is 14.3. The standard InChI is InChI=1S/C26H22INO4/c1-3-30-24-15-18(7-12-23(24)31-16-19-6-4-5-17(2)13-19)14-22-26(29)32-25(28-22)20-8-10-21(27)11-9-20/h4-15H,3,16H2,1-2H3/b22-14-. The van der Waals surface area contributed by atoms with Crippen LogP contribution in [-0.4, -0.2) is 18.5 Å². The SMILES string of the molecule is CCOc1cc(/C=C2\N=C(c3ccc(I)cc3)OC2=O)ccc1OCc1cccc(C)c1. The van der Waals surface area contributed by atoms with Gasteiger partial charge in [-0.3, -0.25) is 0 Å². The van der Waals surface area contributed by atoms with Gasteiger partial charge in [0.15, 0.2) is 17.2 Å². The highest BCUT2D eigenvalue weighted by atomic mass is 127. The summed E-state index contributed by atoms with van der Waals surface area (Å²) < 4.78 is 18.2. The summed E-state index contributed by atoms with van der Waals surface area (Å²) in [5.74, 6) is 1.09. The van der Waals surface area contributed by atoms with Crippen LogP contribution in [-0.2, 0) is 16.1 Å². The van der Waals surface area contributed by atoms with Crippen LogP contribution in [0.25, 0.3) is 6.08 Å². The molecule has 0 spiro atoms. The van der Waals surface area contributed by atoms with Gasteiger partial charge in [0.05, 0.1) is 6.61 Å². The van der Waals surface area contributed by atoms with Gasteiger partial charge >= 0.3 is 5.97 Å². The zero-order chi connectivity index (χ0) is 22.5. The van der Waals surface area contributed by atoms with E-state index >= 15 is 0 Å². The molecule has 0 amide bonds.